The summed E-state index contributed by atoms with van der Waals surface area (Å²) in [5, 5.41) is 0. The van der Waals surface area contributed by atoms with Gasteiger partial charge in [0.25, 0.3) is 0 Å². The highest BCUT2D eigenvalue weighted by Gasteiger charge is 2.44. The molecule has 0 aromatic heterocycles. The van der Waals surface area contributed by atoms with Crippen molar-refractivity contribution in [3.8, 4) is 0 Å². The van der Waals surface area contributed by atoms with E-state index in [4.69, 9.17) is 5.73 Å². The number of sulfonamides is 1. The molecule has 1 aliphatic heterocycles. The molecule has 1 heterocycles. The predicted molar refractivity (Wildman–Crippen MR) is 74.8 cm³/mol. The topological polar surface area (TPSA) is 63.4 Å². The molecule has 20 heavy (non-hydrogen) atoms. The Morgan fingerprint density at radius 1 is 1.30 bits per heavy atom. The normalized spacial score (nSPS) is 30.6. The van der Waals surface area contributed by atoms with Gasteiger partial charge in [-0.05, 0) is 42.4 Å². The first-order valence-corrected chi connectivity index (χ1v) is 8.54. The maximum atomic E-state index is 13.1. The van der Waals surface area contributed by atoms with Crippen molar-refractivity contribution in [2.24, 2.45) is 17.6 Å². The van der Waals surface area contributed by atoms with Crippen LogP contribution >= 0.6 is 0 Å². The van der Waals surface area contributed by atoms with E-state index in [1.807, 2.05) is 0 Å². The van der Waals surface area contributed by atoms with Gasteiger partial charge in [-0.25, -0.2) is 17.1 Å². The second-order valence-corrected chi connectivity index (χ2v) is 7.84. The van der Waals surface area contributed by atoms with Gasteiger partial charge in [0.05, 0.1) is 5.75 Å². The van der Waals surface area contributed by atoms with Gasteiger partial charge in [0, 0.05) is 19.1 Å². The molecule has 4 nitrogen and oxygen atoms in total. The zero-order valence-corrected chi connectivity index (χ0v) is 12.0. The van der Waals surface area contributed by atoms with E-state index in [0.717, 1.165) is 12.8 Å². The van der Waals surface area contributed by atoms with Crippen LogP contribution in [0.5, 0.6) is 0 Å². The molecular formula is C14H19FN2O2S. The number of rotatable bonds is 3. The number of hydrogen-bond donors (Lipinski definition) is 1. The fourth-order valence-electron chi connectivity index (χ4n) is 3.42. The smallest absolute Gasteiger partial charge is 0.218 e. The van der Waals surface area contributed by atoms with Gasteiger partial charge in [-0.2, -0.15) is 0 Å². The molecule has 1 aromatic carbocycles. The van der Waals surface area contributed by atoms with E-state index in [-0.39, 0.29) is 17.7 Å². The first-order valence-electron chi connectivity index (χ1n) is 6.93. The Morgan fingerprint density at radius 3 is 2.80 bits per heavy atom. The van der Waals surface area contributed by atoms with Crippen molar-refractivity contribution in [2.75, 3.05) is 13.1 Å². The highest BCUT2D eigenvalue weighted by molar-refractivity contribution is 7.88. The monoisotopic (exact) mass is 298 g/mol. The highest BCUT2D eigenvalue weighted by atomic mass is 32.2. The molecule has 2 fully saturated rings. The number of nitrogens with two attached hydrogens (primary N) is 1. The minimum Gasteiger partial charge on any atom is -0.327 e. The van der Waals surface area contributed by atoms with E-state index in [1.165, 1.54) is 22.5 Å². The first kappa shape index (κ1) is 14.0. The average Bonchev–Trinajstić information content (AvgIpc) is 2.92. The molecule has 3 atom stereocenters. The van der Waals surface area contributed by atoms with Crippen LogP contribution in [0.2, 0.25) is 0 Å². The number of halogens is 1. The van der Waals surface area contributed by atoms with E-state index < -0.39 is 15.8 Å². The number of fused-ring (bicyclic) bond motifs is 1. The number of benzene rings is 1. The Kier molecular flexibility index (Phi) is 3.56. The van der Waals surface area contributed by atoms with Crippen molar-refractivity contribution in [3.63, 3.8) is 0 Å². The SMILES string of the molecule is NC1CCC2CN(S(=O)(=O)Cc3cccc(F)c3)CC12. The van der Waals surface area contributed by atoms with Gasteiger partial charge in [-0.3, -0.25) is 0 Å². The molecule has 6 heteroatoms. The van der Waals surface area contributed by atoms with Crippen LogP contribution in [0.4, 0.5) is 4.39 Å². The molecule has 0 spiro atoms. The van der Waals surface area contributed by atoms with Crippen molar-refractivity contribution in [3.05, 3.63) is 35.6 Å². The maximum Gasteiger partial charge on any atom is 0.218 e. The summed E-state index contributed by atoms with van der Waals surface area (Å²) in [6.45, 7) is 1.08. The van der Waals surface area contributed by atoms with E-state index >= 15 is 0 Å². The van der Waals surface area contributed by atoms with Gasteiger partial charge in [0.1, 0.15) is 5.82 Å². The van der Waals surface area contributed by atoms with Crippen LogP contribution in [-0.4, -0.2) is 31.9 Å². The van der Waals surface area contributed by atoms with Crippen LogP contribution < -0.4 is 5.73 Å². The number of hydrogen-bond acceptors (Lipinski definition) is 3. The van der Waals surface area contributed by atoms with Crippen molar-refractivity contribution in [1.29, 1.82) is 0 Å². The summed E-state index contributed by atoms with van der Waals surface area (Å²) in [4.78, 5) is 0. The van der Waals surface area contributed by atoms with Crippen LogP contribution in [0.3, 0.4) is 0 Å². The Hall–Kier alpha value is -0.980. The van der Waals surface area contributed by atoms with Crippen LogP contribution in [0.15, 0.2) is 24.3 Å². The summed E-state index contributed by atoms with van der Waals surface area (Å²) in [6.07, 6.45) is 2.00. The van der Waals surface area contributed by atoms with E-state index in [0.29, 0.717) is 24.6 Å². The summed E-state index contributed by atoms with van der Waals surface area (Å²) >= 11 is 0. The average molecular weight is 298 g/mol. The maximum absolute atomic E-state index is 13.1. The summed E-state index contributed by atoms with van der Waals surface area (Å²) in [5.74, 6) is 0.141. The van der Waals surface area contributed by atoms with Crippen LogP contribution in [0.1, 0.15) is 18.4 Å². The lowest BCUT2D eigenvalue weighted by atomic mass is 9.98. The number of nitrogens with zero attached hydrogens (tertiary/aromatic N) is 1. The lowest BCUT2D eigenvalue weighted by Crippen LogP contribution is -2.34. The second-order valence-electron chi connectivity index (χ2n) is 5.87. The van der Waals surface area contributed by atoms with Crippen molar-refractivity contribution < 1.29 is 12.8 Å². The Labute approximate surface area is 118 Å². The van der Waals surface area contributed by atoms with Gasteiger partial charge >= 0.3 is 0 Å². The lowest BCUT2D eigenvalue weighted by molar-refractivity contribution is 0.426. The van der Waals surface area contributed by atoms with Gasteiger partial charge in [-0.15, -0.1) is 0 Å². The van der Waals surface area contributed by atoms with E-state index in [2.05, 4.69) is 0 Å². The molecular weight excluding hydrogens is 279 g/mol. The molecule has 2 N–H and O–H groups in total. The van der Waals surface area contributed by atoms with Crippen molar-refractivity contribution >= 4 is 10.0 Å². The molecule has 1 aliphatic carbocycles. The predicted octanol–water partition coefficient (Wildman–Crippen LogP) is 1.32. The summed E-state index contributed by atoms with van der Waals surface area (Å²) in [5.41, 5.74) is 6.52. The highest BCUT2D eigenvalue weighted by Crippen LogP contribution is 2.38. The van der Waals surface area contributed by atoms with Crippen LogP contribution in [0.25, 0.3) is 0 Å². The van der Waals surface area contributed by atoms with Gasteiger partial charge < -0.3 is 5.73 Å². The lowest BCUT2D eigenvalue weighted by Gasteiger charge is -2.18. The first-order chi connectivity index (χ1) is 9.45. The Balaban J connectivity index is 1.73. The molecule has 110 valence electrons. The van der Waals surface area contributed by atoms with E-state index in [1.54, 1.807) is 6.07 Å². The van der Waals surface area contributed by atoms with Crippen LogP contribution in [-0.2, 0) is 15.8 Å². The summed E-state index contributed by atoms with van der Waals surface area (Å²) in [6, 6.07) is 5.89. The summed E-state index contributed by atoms with van der Waals surface area (Å²) < 4.78 is 39.5. The van der Waals surface area contributed by atoms with Crippen molar-refractivity contribution in [2.45, 2.75) is 24.6 Å². The third kappa shape index (κ3) is 2.60. The van der Waals surface area contributed by atoms with Crippen molar-refractivity contribution in [1.82, 2.24) is 4.31 Å². The van der Waals surface area contributed by atoms with Gasteiger partial charge in [0.15, 0.2) is 0 Å². The third-order valence-corrected chi connectivity index (χ3v) is 6.29. The molecule has 2 aliphatic rings. The Morgan fingerprint density at radius 2 is 2.10 bits per heavy atom. The molecule has 3 unspecified atom stereocenters. The van der Waals surface area contributed by atoms with Crippen LogP contribution in [0, 0.1) is 17.7 Å². The molecule has 0 radical (unpaired) electrons. The minimum absolute atomic E-state index is 0.120. The largest absolute Gasteiger partial charge is 0.327 e. The molecule has 0 amide bonds. The second kappa shape index (κ2) is 5.09. The standard InChI is InChI=1S/C14H19FN2O2S/c15-12-3-1-2-10(6-12)9-20(18,19)17-7-11-4-5-14(16)13(11)8-17/h1-3,6,11,13-14H,4-5,7-9,16H2. The Bertz CT molecular complexity index is 605. The zero-order valence-electron chi connectivity index (χ0n) is 11.2. The quantitative estimate of drug-likeness (QED) is 0.915. The fraction of sp³-hybridized carbons (Fsp3) is 0.571. The third-order valence-electron chi connectivity index (χ3n) is 4.51. The molecule has 3 rings (SSSR count). The molecule has 1 aromatic rings. The molecule has 0 bridgehead atoms. The fourth-order valence-corrected chi connectivity index (χ4v) is 5.02. The zero-order chi connectivity index (χ0) is 14.3. The van der Waals surface area contributed by atoms with Gasteiger partial charge in [-0.1, -0.05) is 12.1 Å². The molecule has 1 saturated carbocycles. The van der Waals surface area contributed by atoms with Gasteiger partial charge in [0.2, 0.25) is 10.0 Å². The molecule has 1 saturated heterocycles. The minimum atomic E-state index is -3.38. The summed E-state index contributed by atoms with van der Waals surface area (Å²) in [7, 11) is -3.38. The van der Waals surface area contributed by atoms with E-state index in [9.17, 15) is 12.8 Å².